The van der Waals surface area contributed by atoms with Gasteiger partial charge in [0, 0.05) is 24.3 Å². The first-order valence-electron chi connectivity index (χ1n) is 14.1. The van der Waals surface area contributed by atoms with Gasteiger partial charge in [-0.3, -0.25) is 9.36 Å². The lowest BCUT2D eigenvalue weighted by Gasteiger charge is -2.27. The maximum atomic E-state index is 13.2. The summed E-state index contributed by atoms with van der Waals surface area (Å²) in [4.78, 5) is 35.8. The molecule has 47 heavy (non-hydrogen) atoms. The number of benzene rings is 2. The number of nitrogens with one attached hydrogen (secondary N) is 3. The first-order chi connectivity index (χ1) is 22.6. The van der Waals surface area contributed by atoms with E-state index in [4.69, 9.17) is 14.7 Å². The van der Waals surface area contributed by atoms with Gasteiger partial charge in [-0.05, 0) is 42.5 Å². The van der Waals surface area contributed by atoms with Gasteiger partial charge in [-0.15, -0.1) is 3.89 Å². The number of ether oxygens (including phenoxy) is 1. The maximum Gasteiger partial charge on any atom is 0.333 e. The van der Waals surface area contributed by atoms with Gasteiger partial charge in [-0.1, -0.05) is 0 Å². The normalized spacial score (nSPS) is 13.9. The van der Waals surface area contributed by atoms with Crippen LogP contribution in [0, 0.1) is 0 Å². The van der Waals surface area contributed by atoms with Gasteiger partial charge in [0.1, 0.15) is 12.2 Å². The number of fused-ring (bicyclic) bond motifs is 2. The third-order valence-corrected chi connectivity index (χ3v) is 8.19. The molecule has 0 aliphatic carbocycles. The molecule has 1 saturated heterocycles. The van der Waals surface area contributed by atoms with Crippen LogP contribution in [0.2, 0.25) is 0 Å². The van der Waals surface area contributed by atoms with E-state index >= 15 is 0 Å². The molecule has 1 aliphatic heterocycles. The molecule has 15 nitrogen and oxygen atoms in total. The second-order valence-corrected chi connectivity index (χ2v) is 11.7. The number of rotatable bonds is 9. The topological polar surface area (TPSA) is 178 Å². The summed E-state index contributed by atoms with van der Waals surface area (Å²) in [7, 11) is -4.87. The van der Waals surface area contributed by atoms with Gasteiger partial charge in [0.2, 0.25) is 5.95 Å². The van der Waals surface area contributed by atoms with Gasteiger partial charge in [0.05, 0.1) is 53.8 Å². The molecule has 1 amide bonds. The number of hydrogen-bond acceptors (Lipinski definition) is 11. The van der Waals surface area contributed by atoms with E-state index in [2.05, 4.69) is 30.7 Å². The summed E-state index contributed by atoms with van der Waals surface area (Å²) in [5, 5.41) is 9.70. The minimum absolute atomic E-state index is 0.141. The van der Waals surface area contributed by atoms with Crippen LogP contribution in [-0.4, -0.2) is 79.9 Å². The highest BCUT2D eigenvalue weighted by atomic mass is 32.3. The van der Waals surface area contributed by atoms with Crippen LogP contribution in [0.4, 0.5) is 30.1 Å². The molecule has 7 rings (SSSR count). The monoisotopic (exact) mass is 667 g/mol. The molecule has 4 aromatic heterocycles. The molecule has 0 saturated carbocycles. The van der Waals surface area contributed by atoms with Crippen molar-refractivity contribution < 1.29 is 30.6 Å². The molecule has 0 bridgehead atoms. The number of nitrogens with zero attached hydrogens (tertiary/aromatic N) is 8. The van der Waals surface area contributed by atoms with Crippen molar-refractivity contribution in [2.45, 2.75) is 18.0 Å². The number of morpholine rings is 1. The van der Waals surface area contributed by atoms with Gasteiger partial charge in [-0.2, -0.15) is 32.3 Å². The Morgan fingerprint density at radius 1 is 1.06 bits per heavy atom. The zero-order chi connectivity index (χ0) is 32.7. The van der Waals surface area contributed by atoms with Crippen molar-refractivity contribution in [2.24, 2.45) is 0 Å². The smallest absolute Gasteiger partial charge is 0.333 e. The molecule has 242 valence electrons. The lowest BCUT2D eigenvalue weighted by atomic mass is 10.2. The Hall–Kier alpha value is -5.56. The number of aromatic nitrogens is 8. The first-order valence-corrected chi connectivity index (χ1v) is 15.5. The SMILES string of the molecule is O=C(Nc1ccc2[nH]c(CNc3nc(N4CCOCC4)nc4c3ncn4-c3cnn(C(F)F)c3)nc2c1)c1ccc(S(=O)(=O)F)cc1. The van der Waals surface area contributed by atoms with Crippen molar-refractivity contribution in [3.05, 3.63) is 72.6 Å². The van der Waals surface area contributed by atoms with Crippen LogP contribution < -0.4 is 15.5 Å². The molecule has 0 radical (unpaired) electrons. The molecule has 3 N–H and O–H groups in total. The molecular formula is C28H24F3N11O4S. The number of H-pyrrole nitrogens is 1. The number of carbonyl (C=O) groups is 1. The molecule has 19 heteroatoms. The average molecular weight is 668 g/mol. The predicted molar refractivity (Wildman–Crippen MR) is 163 cm³/mol. The molecular weight excluding hydrogens is 643 g/mol. The van der Waals surface area contributed by atoms with Crippen LogP contribution in [0.3, 0.4) is 0 Å². The standard InChI is InChI=1S/C28H24F3N11O4S/c29-27(30)42-14-18(12-34-42)41-15-33-23-24(38-28(39-25(23)41)40-7-9-46-10-8-40)32-13-22-36-20-6-3-17(11-21(20)37-22)35-26(43)16-1-4-19(5-2-16)47(31,44)45/h1-6,11-12,14-15,27H,7-10,13H2,(H,35,43)(H,36,37)(H,32,38,39). The Kier molecular flexibility index (Phi) is 7.68. The Bertz CT molecular complexity index is 2210. The first kappa shape index (κ1) is 30.1. The molecule has 5 heterocycles. The van der Waals surface area contributed by atoms with Crippen LogP contribution >= 0.6 is 0 Å². The summed E-state index contributed by atoms with van der Waals surface area (Å²) in [5.74, 6) is 0.840. The lowest BCUT2D eigenvalue weighted by molar-refractivity contribution is 0.0566. The molecule has 1 aliphatic rings. The maximum absolute atomic E-state index is 13.2. The highest BCUT2D eigenvalue weighted by Crippen LogP contribution is 2.27. The number of amides is 1. The lowest BCUT2D eigenvalue weighted by Crippen LogP contribution is -2.37. The van der Waals surface area contributed by atoms with E-state index in [0.29, 0.717) is 82.1 Å². The number of carbonyl (C=O) groups excluding carboxylic acids is 1. The van der Waals surface area contributed by atoms with Crippen molar-refractivity contribution >= 4 is 55.8 Å². The fraction of sp³-hybridized carbons (Fsp3) is 0.214. The van der Waals surface area contributed by atoms with Gasteiger partial charge in [0.15, 0.2) is 17.0 Å². The molecule has 1 fully saturated rings. The van der Waals surface area contributed by atoms with E-state index in [1.807, 2.05) is 4.90 Å². The molecule has 0 spiro atoms. The van der Waals surface area contributed by atoms with Gasteiger partial charge < -0.3 is 25.3 Å². The zero-order valence-electron chi connectivity index (χ0n) is 24.1. The Balaban J connectivity index is 1.12. The molecule has 6 aromatic rings. The van der Waals surface area contributed by atoms with Crippen molar-refractivity contribution in [2.75, 3.05) is 41.8 Å². The number of halogens is 3. The van der Waals surface area contributed by atoms with Crippen molar-refractivity contribution in [1.82, 2.24) is 39.3 Å². The van der Waals surface area contributed by atoms with Gasteiger partial charge in [-0.25, -0.2) is 14.6 Å². The van der Waals surface area contributed by atoms with Crippen molar-refractivity contribution in [1.29, 1.82) is 0 Å². The largest absolute Gasteiger partial charge is 0.378 e. The summed E-state index contributed by atoms with van der Waals surface area (Å²) in [6.07, 6.45) is 3.97. The number of alkyl halides is 2. The minimum Gasteiger partial charge on any atom is -0.378 e. The van der Waals surface area contributed by atoms with E-state index in [0.717, 1.165) is 12.1 Å². The summed E-state index contributed by atoms with van der Waals surface area (Å²) in [5.41, 5.74) is 2.98. The number of anilines is 3. The fourth-order valence-corrected chi connectivity index (χ4v) is 5.49. The Morgan fingerprint density at radius 2 is 1.85 bits per heavy atom. The minimum atomic E-state index is -4.87. The molecule has 0 atom stereocenters. The Labute approximate surface area is 263 Å². The highest BCUT2D eigenvalue weighted by molar-refractivity contribution is 7.86. The molecule has 0 unspecified atom stereocenters. The van der Waals surface area contributed by atoms with Crippen LogP contribution in [0.5, 0.6) is 0 Å². The van der Waals surface area contributed by atoms with Gasteiger partial charge in [0.25, 0.3) is 5.91 Å². The van der Waals surface area contributed by atoms with E-state index < -0.39 is 27.6 Å². The Morgan fingerprint density at radius 3 is 2.57 bits per heavy atom. The second kappa shape index (κ2) is 12.0. The third-order valence-electron chi connectivity index (χ3n) is 7.36. The van der Waals surface area contributed by atoms with E-state index in [9.17, 15) is 25.9 Å². The van der Waals surface area contributed by atoms with Crippen LogP contribution in [0.1, 0.15) is 22.7 Å². The average Bonchev–Trinajstić information content (AvgIpc) is 3.82. The van der Waals surface area contributed by atoms with Crippen molar-refractivity contribution in [3.63, 3.8) is 0 Å². The van der Waals surface area contributed by atoms with E-state index in [1.54, 1.807) is 22.8 Å². The van der Waals surface area contributed by atoms with Gasteiger partial charge >= 0.3 is 16.8 Å². The zero-order valence-corrected chi connectivity index (χ0v) is 25.0. The quantitative estimate of drug-likeness (QED) is 0.192. The van der Waals surface area contributed by atoms with E-state index in [-0.39, 0.29) is 12.1 Å². The summed E-state index contributed by atoms with van der Waals surface area (Å²) in [6, 6.07) is 9.53. The van der Waals surface area contributed by atoms with Crippen molar-refractivity contribution in [3.8, 4) is 5.69 Å². The number of imidazole rings is 2. The van der Waals surface area contributed by atoms with Crippen LogP contribution in [0.15, 0.2) is 66.1 Å². The number of hydrogen-bond donors (Lipinski definition) is 3. The fourth-order valence-electron chi connectivity index (χ4n) is 5.02. The molecule has 2 aromatic carbocycles. The summed E-state index contributed by atoms with van der Waals surface area (Å²) in [6.45, 7) is -0.464. The van der Waals surface area contributed by atoms with E-state index in [1.165, 1.54) is 30.9 Å². The second-order valence-electron chi connectivity index (χ2n) is 10.4. The van der Waals surface area contributed by atoms with Crippen LogP contribution in [-0.2, 0) is 21.5 Å². The predicted octanol–water partition coefficient (Wildman–Crippen LogP) is 3.64. The third kappa shape index (κ3) is 6.17. The summed E-state index contributed by atoms with van der Waals surface area (Å²) >= 11 is 0. The number of aromatic amines is 1. The van der Waals surface area contributed by atoms with Crippen LogP contribution in [0.25, 0.3) is 27.9 Å². The highest BCUT2D eigenvalue weighted by Gasteiger charge is 2.21. The summed E-state index contributed by atoms with van der Waals surface area (Å²) < 4.78 is 69.3.